The predicted molar refractivity (Wildman–Crippen MR) is 104 cm³/mol. The average Bonchev–Trinajstić information content (AvgIpc) is 3.17. The van der Waals surface area contributed by atoms with E-state index in [-0.39, 0.29) is 17.9 Å². The van der Waals surface area contributed by atoms with Crippen molar-refractivity contribution in [2.24, 2.45) is 5.92 Å². The standard InChI is InChI=1S/C20H28N4O4/c1-14(13-26-2)21-20(25)16-8-10-24(11-9-16)12-18-22-19(23-28-18)15-4-6-17(27-3)7-5-15/h4-7,14,16H,8-13H2,1-3H3,(H,21,25). The Morgan fingerprint density at radius 1 is 1.29 bits per heavy atom. The highest BCUT2D eigenvalue weighted by atomic mass is 16.5. The van der Waals surface area contributed by atoms with Gasteiger partial charge in [0, 0.05) is 24.6 Å². The Bertz CT molecular complexity index is 754. The number of likely N-dealkylation sites (tertiary alicyclic amines) is 1. The van der Waals surface area contributed by atoms with Crippen molar-refractivity contribution in [2.45, 2.75) is 32.4 Å². The first-order valence-electron chi connectivity index (χ1n) is 9.57. The highest BCUT2D eigenvalue weighted by molar-refractivity contribution is 5.79. The molecule has 0 aliphatic carbocycles. The monoisotopic (exact) mass is 388 g/mol. The van der Waals surface area contributed by atoms with Gasteiger partial charge in [-0.15, -0.1) is 0 Å². The number of piperidine rings is 1. The summed E-state index contributed by atoms with van der Waals surface area (Å²) in [5.41, 5.74) is 0.886. The van der Waals surface area contributed by atoms with Crippen molar-refractivity contribution in [2.75, 3.05) is 33.9 Å². The number of carbonyl (C=O) groups excluding carboxylic acids is 1. The maximum atomic E-state index is 12.3. The highest BCUT2D eigenvalue weighted by Crippen LogP contribution is 2.22. The number of amides is 1. The molecule has 8 heteroatoms. The van der Waals surface area contributed by atoms with Gasteiger partial charge < -0.3 is 19.3 Å². The Morgan fingerprint density at radius 2 is 2.00 bits per heavy atom. The third-order valence-corrected chi connectivity index (χ3v) is 4.94. The zero-order chi connectivity index (χ0) is 19.9. The van der Waals surface area contributed by atoms with Crippen molar-refractivity contribution >= 4 is 5.91 Å². The number of hydrogen-bond acceptors (Lipinski definition) is 7. The number of ether oxygens (including phenoxy) is 2. The van der Waals surface area contributed by atoms with Crippen LogP contribution in [0.1, 0.15) is 25.7 Å². The molecule has 0 bridgehead atoms. The molecule has 2 heterocycles. The van der Waals surface area contributed by atoms with Gasteiger partial charge in [-0.2, -0.15) is 4.98 Å². The number of carbonyl (C=O) groups is 1. The fourth-order valence-corrected chi connectivity index (χ4v) is 3.37. The Hall–Kier alpha value is -2.45. The number of hydrogen-bond donors (Lipinski definition) is 1. The molecule has 1 aromatic heterocycles. The summed E-state index contributed by atoms with van der Waals surface area (Å²) in [5, 5.41) is 7.08. The minimum atomic E-state index is 0.0327. The topological polar surface area (TPSA) is 89.7 Å². The van der Waals surface area contributed by atoms with Crippen molar-refractivity contribution in [3.05, 3.63) is 30.2 Å². The van der Waals surface area contributed by atoms with Crippen LogP contribution < -0.4 is 10.1 Å². The molecule has 0 spiro atoms. The third kappa shape index (κ3) is 5.30. The van der Waals surface area contributed by atoms with Gasteiger partial charge in [0.1, 0.15) is 5.75 Å². The zero-order valence-corrected chi connectivity index (χ0v) is 16.7. The van der Waals surface area contributed by atoms with E-state index in [1.165, 1.54) is 0 Å². The summed E-state index contributed by atoms with van der Waals surface area (Å²) in [6.45, 7) is 4.73. The first-order chi connectivity index (χ1) is 13.6. The molecule has 1 aliphatic rings. The van der Waals surface area contributed by atoms with Crippen molar-refractivity contribution in [1.82, 2.24) is 20.4 Å². The predicted octanol–water partition coefficient (Wildman–Crippen LogP) is 2.11. The van der Waals surface area contributed by atoms with Gasteiger partial charge in [-0.3, -0.25) is 9.69 Å². The van der Waals surface area contributed by atoms with E-state index in [1.54, 1.807) is 14.2 Å². The van der Waals surface area contributed by atoms with Gasteiger partial charge >= 0.3 is 0 Å². The van der Waals surface area contributed by atoms with Gasteiger partial charge in [0.2, 0.25) is 17.6 Å². The molecule has 1 saturated heterocycles. The molecule has 3 rings (SSSR count). The second kappa shape index (κ2) is 9.66. The van der Waals surface area contributed by atoms with Crippen LogP contribution in [0.4, 0.5) is 0 Å². The molecular weight excluding hydrogens is 360 g/mol. The summed E-state index contributed by atoms with van der Waals surface area (Å²) < 4.78 is 15.6. The van der Waals surface area contributed by atoms with E-state index < -0.39 is 0 Å². The number of aromatic nitrogens is 2. The van der Waals surface area contributed by atoms with Crippen molar-refractivity contribution in [3.8, 4) is 17.1 Å². The lowest BCUT2D eigenvalue weighted by molar-refractivity contribution is -0.127. The summed E-state index contributed by atoms with van der Waals surface area (Å²) >= 11 is 0. The van der Waals surface area contributed by atoms with E-state index in [2.05, 4.69) is 20.4 Å². The molecule has 1 aliphatic heterocycles. The Morgan fingerprint density at radius 3 is 2.64 bits per heavy atom. The van der Waals surface area contributed by atoms with Crippen LogP contribution >= 0.6 is 0 Å². The molecule has 1 atom stereocenters. The van der Waals surface area contributed by atoms with Crippen molar-refractivity contribution in [3.63, 3.8) is 0 Å². The minimum Gasteiger partial charge on any atom is -0.497 e. The summed E-state index contributed by atoms with van der Waals surface area (Å²) in [5.74, 6) is 2.11. The fourth-order valence-electron chi connectivity index (χ4n) is 3.37. The van der Waals surface area contributed by atoms with E-state index >= 15 is 0 Å². The van der Waals surface area contributed by atoms with Gasteiger partial charge in [0.15, 0.2) is 0 Å². The average molecular weight is 388 g/mol. The summed E-state index contributed by atoms with van der Waals surface area (Å²) in [6.07, 6.45) is 1.65. The largest absolute Gasteiger partial charge is 0.497 e. The van der Waals surface area contributed by atoms with Crippen molar-refractivity contribution in [1.29, 1.82) is 0 Å². The number of rotatable bonds is 8. The van der Waals surface area contributed by atoms with E-state index in [4.69, 9.17) is 14.0 Å². The lowest BCUT2D eigenvalue weighted by Crippen LogP contribution is -2.44. The van der Waals surface area contributed by atoms with Crippen LogP contribution in [0, 0.1) is 5.92 Å². The summed E-state index contributed by atoms with van der Waals surface area (Å²) in [7, 11) is 3.27. The molecule has 152 valence electrons. The van der Waals surface area contributed by atoms with Gasteiger partial charge in [-0.25, -0.2) is 0 Å². The molecule has 1 amide bonds. The maximum Gasteiger partial charge on any atom is 0.241 e. The van der Waals surface area contributed by atoms with E-state index in [0.29, 0.717) is 24.9 Å². The second-order valence-corrected chi connectivity index (χ2v) is 7.16. The normalized spacial score (nSPS) is 16.7. The van der Waals surface area contributed by atoms with Gasteiger partial charge in [-0.05, 0) is 57.1 Å². The van der Waals surface area contributed by atoms with Crippen LogP contribution in [0.5, 0.6) is 5.75 Å². The van der Waals surface area contributed by atoms with Crippen LogP contribution in [-0.4, -0.2) is 60.9 Å². The molecule has 1 unspecified atom stereocenters. The van der Waals surface area contributed by atoms with E-state index in [0.717, 1.165) is 37.2 Å². The summed E-state index contributed by atoms with van der Waals surface area (Å²) in [6, 6.07) is 7.58. The summed E-state index contributed by atoms with van der Waals surface area (Å²) in [4.78, 5) is 19.1. The van der Waals surface area contributed by atoms with E-state index in [9.17, 15) is 4.79 Å². The Labute approximate surface area is 165 Å². The molecule has 0 radical (unpaired) electrons. The fraction of sp³-hybridized carbons (Fsp3) is 0.550. The van der Waals surface area contributed by atoms with E-state index in [1.807, 2.05) is 31.2 Å². The van der Waals surface area contributed by atoms with Crippen LogP contribution in [-0.2, 0) is 16.1 Å². The van der Waals surface area contributed by atoms with Crippen molar-refractivity contribution < 1.29 is 18.8 Å². The van der Waals surface area contributed by atoms with Gasteiger partial charge in [0.05, 0.1) is 20.3 Å². The van der Waals surface area contributed by atoms with Gasteiger partial charge in [0.25, 0.3) is 0 Å². The molecule has 2 aromatic rings. The zero-order valence-electron chi connectivity index (χ0n) is 16.7. The molecule has 1 N–H and O–H groups in total. The van der Waals surface area contributed by atoms with Gasteiger partial charge in [-0.1, -0.05) is 5.16 Å². The smallest absolute Gasteiger partial charge is 0.241 e. The molecular formula is C20H28N4O4. The Kier molecular flexibility index (Phi) is 7.00. The van der Waals surface area contributed by atoms with Crippen LogP contribution in [0.2, 0.25) is 0 Å². The minimum absolute atomic E-state index is 0.0327. The molecule has 1 aromatic carbocycles. The number of nitrogens with zero attached hydrogens (tertiary/aromatic N) is 3. The van der Waals surface area contributed by atoms with Crippen LogP contribution in [0.15, 0.2) is 28.8 Å². The van der Waals surface area contributed by atoms with Crippen LogP contribution in [0.3, 0.4) is 0 Å². The molecule has 8 nitrogen and oxygen atoms in total. The number of methoxy groups -OCH3 is 2. The third-order valence-electron chi connectivity index (χ3n) is 4.94. The first-order valence-corrected chi connectivity index (χ1v) is 9.57. The highest BCUT2D eigenvalue weighted by Gasteiger charge is 2.26. The first kappa shape index (κ1) is 20.3. The second-order valence-electron chi connectivity index (χ2n) is 7.16. The lowest BCUT2D eigenvalue weighted by Gasteiger charge is -2.30. The molecule has 28 heavy (non-hydrogen) atoms. The SMILES string of the molecule is COCC(C)NC(=O)C1CCN(Cc2nc(-c3ccc(OC)cc3)no2)CC1. The van der Waals surface area contributed by atoms with Crippen LogP contribution in [0.25, 0.3) is 11.4 Å². The number of nitrogens with one attached hydrogen (secondary N) is 1. The molecule has 1 fully saturated rings. The number of benzene rings is 1. The Balaban J connectivity index is 1.48. The molecule has 0 saturated carbocycles. The lowest BCUT2D eigenvalue weighted by atomic mass is 9.95. The quantitative estimate of drug-likeness (QED) is 0.741. The maximum absolute atomic E-state index is 12.3.